The molecule has 0 aliphatic heterocycles. The maximum absolute atomic E-state index is 13.7. The second-order valence-electron chi connectivity index (χ2n) is 3.90. The lowest BCUT2D eigenvalue weighted by atomic mass is 9.88. The summed E-state index contributed by atoms with van der Waals surface area (Å²) in [5, 5.41) is 0. The number of aldehydes is 1. The lowest BCUT2D eigenvalue weighted by Crippen LogP contribution is -2.06. The minimum Gasteiger partial charge on any atom is -0.298 e. The zero-order valence-electron chi connectivity index (χ0n) is 9.59. The van der Waals surface area contributed by atoms with Crippen molar-refractivity contribution in [2.45, 2.75) is 39.0 Å². The van der Waals surface area contributed by atoms with Crippen LogP contribution in [0.1, 0.15) is 54.9 Å². The zero-order valence-corrected chi connectivity index (χ0v) is 9.59. The number of halogens is 2. The molecule has 1 aromatic rings. The topological polar surface area (TPSA) is 17.1 Å². The molecule has 0 amide bonds. The molecule has 1 aromatic carbocycles. The van der Waals surface area contributed by atoms with E-state index in [1.54, 1.807) is 0 Å². The van der Waals surface area contributed by atoms with E-state index in [0.29, 0.717) is 11.8 Å². The molecule has 0 saturated heterocycles. The Kier molecular flexibility index (Phi) is 4.59. The molecule has 1 unspecified atom stereocenters. The van der Waals surface area contributed by atoms with E-state index >= 15 is 0 Å². The van der Waals surface area contributed by atoms with Gasteiger partial charge in [0.15, 0.2) is 6.29 Å². The molecular weight excluding hydrogens is 210 g/mol. The van der Waals surface area contributed by atoms with Crippen molar-refractivity contribution < 1.29 is 13.6 Å². The third kappa shape index (κ3) is 2.65. The number of carbonyl (C=O) groups is 1. The number of hydrogen-bond donors (Lipinski definition) is 0. The molecule has 0 aromatic heterocycles. The van der Waals surface area contributed by atoms with Gasteiger partial charge in [-0.1, -0.05) is 20.3 Å². The second-order valence-corrected chi connectivity index (χ2v) is 3.90. The summed E-state index contributed by atoms with van der Waals surface area (Å²) in [6.45, 7) is 3.95. The Labute approximate surface area is 94.5 Å². The van der Waals surface area contributed by atoms with Crippen molar-refractivity contribution in [1.82, 2.24) is 0 Å². The highest BCUT2D eigenvalue weighted by Crippen LogP contribution is 2.30. The molecule has 0 saturated carbocycles. The van der Waals surface area contributed by atoms with Crippen LogP contribution in [0.4, 0.5) is 8.78 Å². The average molecular weight is 226 g/mol. The molecule has 1 nitrogen and oxygen atoms in total. The fourth-order valence-corrected chi connectivity index (χ4v) is 2.03. The van der Waals surface area contributed by atoms with Crippen LogP contribution in [0.25, 0.3) is 0 Å². The molecule has 0 bridgehead atoms. The quantitative estimate of drug-likeness (QED) is 0.691. The van der Waals surface area contributed by atoms with Gasteiger partial charge < -0.3 is 0 Å². The summed E-state index contributed by atoms with van der Waals surface area (Å²) in [5.74, 6) is -1.32. The third-order valence-corrected chi connectivity index (χ3v) is 2.79. The molecule has 0 radical (unpaired) electrons. The number of hydrogen-bond acceptors (Lipinski definition) is 1. The Balaban J connectivity index is 3.23. The van der Waals surface area contributed by atoms with Crippen molar-refractivity contribution in [3.05, 3.63) is 34.9 Å². The van der Waals surface area contributed by atoms with Gasteiger partial charge in [0.2, 0.25) is 0 Å². The summed E-state index contributed by atoms with van der Waals surface area (Å²) in [5.41, 5.74) is 0.499. The minimum absolute atomic E-state index is 0.00852. The molecule has 1 rings (SSSR count). The van der Waals surface area contributed by atoms with Crippen molar-refractivity contribution in [2.75, 3.05) is 0 Å². The molecule has 0 heterocycles. The predicted octanol–water partition coefficient (Wildman–Crippen LogP) is 4.07. The average Bonchev–Trinajstić information content (AvgIpc) is 2.25. The summed E-state index contributed by atoms with van der Waals surface area (Å²) in [6, 6.07) is 1.95. The maximum atomic E-state index is 13.7. The molecule has 1 atom stereocenters. The highest BCUT2D eigenvalue weighted by Gasteiger charge is 2.18. The smallest absolute Gasteiger partial charge is 0.150 e. The first-order valence-corrected chi connectivity index (χ1v) is 5.58. The van der Waals surface area contributed by atoms with E-state index in [1.165, 1.54) is 0 Å². The van der Waals surface area contributed by atoms with E-state index < -0.39 is 11.6 Å². The van der Waals surface area contributed by atoms with Crippen LogP contribution in [0.15, 0.2) is 12.1 Å². The monoisotopic (exact) mass is 226 g/mol. The van der Waals surface area contributed by atoms with Crippen molar-refractivity contribution in [3.8, 4) is 0 Å². The molecule has 0 fully saturated rings. The van der Waals surface area contributed by atoms with Gasteiger partial charge in [-0.3, -0.25) is 4.79 Å². The van der Waals surface area contributed by atoms with Gasteiger partial charge in [-0.05, 0) is 24.8 Å². The summed E-state index contributed by atoms with van der Waals surface area (Å²) in [4.78, 5) is 10.8. The summed E-state index contributed by atoms with van der Waals surface area (Å²) >= 11 is 0. The van der Waals surface area contributed by atoms with Crippen LogP contribution in [0.3, 0.4) is 0 Å². The second kappa shape index (κ2) is 5.73. The number of carbonyl (C=O) groups excluding carboxylic acids is 1. The number of benzene rings is 1. The molecule has 0 aliphatic rings. The van der Waals surface area contributed by atoms with Crippen molar-refractivity contribution in [1.29, 1.82) is 0 Å². The van der Waals surface area contributed by atoms with E-state index in [0.717, 1.165) is 31.4 Å². The SMILES string of the molecule is CCCC(CC)c1c(F)cc(F)cc1C=O. The lowest BCUT2D eigenvalue weighted by Gasteiger charge is -2.17. The van der Waals surface area contributed by atoms with Gasteiger partial charge in [0, 0.05) is 17.2 Å². The Hall–Kier alpha value is -1.25. The molecule has 0 N–H and O–H groups in total. The van der Waals surface area contributed by atoms with Crippen molar-refractivity contribution in [2.24, 2.45) is 0 Å². The molecule has 0 aliphatic carbocycles. The lowest BCUT2D eigenvalue weighted by molar-refractivity contribution is 0.112. The van der Waals surface area contributed by atoms with Crippen molar-refractivity contribution >= 4 is 6.29 Å². The predicted molar refractivity (Wildman–Crippen MR) is 59.7 cm³/mol. The van der Waals surface area contributed by atoms with Gasteiger partial charge in [-0.15, -0.1) is 0 Å². The van der Waals surface area contributed by atoms with E-state index in [9.17, 15) is 13.6 Å². The van der Waals surface area contributed by atoms with E-state index in [4.69, 9.17) is 0 Å². The van der Waals surface area contributed by atoms with Gasteiger partial charge in [-0.25, -0.2) is 8.78 Å². The van der Waals surface area contributed by atoms with Gasteiger partial charge in [0.25, 0.3) is 0 Å². The standard InChI is InChI=1S/C13H16F2O/c1-3-5-9(4-2)13-10(8-16)6-11(14)7-12(13)15/h6-9H,3-5H2,1-2H3. The van der Waals surface area contributed by atoms with Crippen LogP contribution in [-0.4, -0.2) is 6.29 Å². The largest absolute Gasteiger partial charge is 0.298 e. The van der Waals surface area contributed by atoms with Crippen LogP contribution in [0, 0.1) is 11.6 Å². The van der Waals surface area contributed by atoms with E-state index in [2.05, 4.69) is 0 Å². The first-order chi connectivity index (χ1) is 7.63. The van der Waals surface area contributed by atoms with Gasteiger partial charge >= 0.3 is 0 Å². The molecule has 16 heavy (non-hydrogen) atoms. The fraction of sp³-hybridized carbons (Fsp3) is 0.462. The normalized spacial score (nSPS) is 12.5. The Morgan fingerprint density at radius 2 is 2.00 bits per heavy atom. The Morgan fingerprint density at radius 3 is 2.50 bits per heavy atom. The highest BCUT2D eigenvalue weighted by molar-refractivity contribution is 5.77. The van der Waals surface area contributed by atoms with Crippen LogP contribution in [0.5, 0.6) is 0 Å². The number of rotatable bonds is 5. The zero-order chi connectivity index (χ0) is 12.1. The van der Waals surface area contributed by atoms with E-state index in [-0.39, 0.29) is 11.5 Å². The van der Waals surface area contributed by atoms with Crippen LogP contribution < -0.4 is 0 Å². The van der Waals surface area contributed by atoms with Crippen LogP contribution in [0.2, 0.25) is 0 Å². The molecule has 88 valence electrons. The van der Waals surface area contributed by atoms with Crippen LogP contribution in [-0.2, 0) is 0 Å². The first-order valence-electron chi connectivity index (χ1n) is 5.58. The molecule has 3 heteroatoms. The highest BCUT2D eigenvalue weighted by atomic mass is 19.1. The van der Waals surface area contributed by atoms with E-state index in [1.807, 2.05) is 13.8 Å². The fourth-order valence-electron chi connectivity index (χ4n) is 2.03. The minimum atomic E-state index is -0.699. The third-order valence-electron chi connectivity index (χ3n) is 2.79. The summed E-state index contributed by atoms with van der Waals surface area (Å²) in [6.07, 6.45) is 2.99. The first kappa shape index (κ1) is 12.8. The van der Waals surface area contributed by atoms with Gasteiger partial charge in [0.1, 0.15) is 11.6 Å². The molecule has 0 spiro atoms. The Morgan fingerprint density at radius 1 is 1.31 bits per heavy atom. The summed E-state index contributed by atoms with van der Waals surface area (Å²) < 4.78 is 26.6. The van der Waals surface area contributed by atoms with Crippen molar-refractivity contribution in [3.63, 3.8) is 0 Å². The maximum Gasteiger partial charge on any atom is 0.150 e. The summed E-state index contributed by atoms with van der Waals surface area (Å²) in [7, 11) is 0. The van der Waals surface area contributed by atoms with Crippen LogP contribution >= 0.6 is 0 Å². The Bertz CT molecular complexity index is 374. The van der Waals surface area contributed by atoms with Gasteiger partial charge in [0.05, 0.1) is 0 Å². The van der Waals surface area contributed by atoms with Gasteiger partial charge in [-0.2, -0.15) is 0 Å². The molecular formula is C13H16F2O.